The van der Waals surface area contributed by atoms with Crippen LogP contribution in [0.4, 0.5) is 0 Å². The SMILES string of the molecule is CCC(=O)OC1CCCO1. The van der Waals surface area contributed by atoms with E-state index in [1.54, 1.807) is 6.92 Å². The van der Waals surface area contributed by atoms with Gasteiger partial charge in [0.2, 0.25) is 6.29 Å². The first kappa shape index (κ1) is 7.54. The van der Waals surface area contributed by atoms with Crippen molar-refractivity contribution < 1.29 is 14.3 Å². The van der Waals surface area contributed by atoms with Crippen LogP contribution in [0.15, 0.2) is 0 Å². The third kappa shape index (κ3) is 1.99. The van der Waals surface area contributed by atoms with Crippen LogP contribution in [0.2, 0.25) is 0 Å². The largest absolute Gasteiger partial charge is 0.436 e. The van der Waals surface area contributed by atoms with Gasteiger partial charge in [-0.25, -0.2) is 0 Å². The maximum Gasteiger partial charge on any atom is 0.307 e. The Morgan fingerprint density at radius 3 is 3.10 bits per heavy atom. The number of carbonyl (C=O) groups is 1. The quantitative estimate of drug-likeness (QED) is 0.544. The first-order valence-corrected chi connectivity index (χ1v) is 3.64. The monoisotopic (exact) mass is 144 g/mol. The van der Waals surface area contributed by atoms with Gasteiger partial charge in [0.25, 0.3) is 0 Å². The highest BCUT2D eigenvalue weighted by Gasteiger charge is 2.18. The van der Waals surface area contributed by atoms with Gasteiger partial charge in [-0.2, -0.15) is 0 Å². The molecule has 10 heavy (non-hydrogen) atoms. The Balaban J connectivity index is 2.17. The minimum Gasteiger partial charge on any atom is -0.436 e. The fourth-order valence-corrected chi connectivity index (χ4v) is 0.871. The summed E-state index contributed by atoms with van der Waals surface area (Å²) in [7, 11) is 0. The van der Waals surface area contributed by atoms with E-state index in [1.807, 2.05) is 0 Å². The Kier molecular flexibility index (Phi) is 2.68. The second-order valence-corrected chi connectivity index (χ2v) is 2.29. The molecule has 0 aromatic heterocycles. The van der Waals surface area contributed by atoms with Crippen LogP contribution >= 0.6 is 0 Å². The van der Waals surface area contributed by atoms with Crippen molar-refractivity contribution in [3.8, 4) is 0 Å². The summed E-state index contributed by atoms with van der Waals surface area (Å²) >= 11 is 0. The van der Waals surface area contributed by atoms with Crippen LogP contribution in [0.3, 0.4) is 0 Å². The van der Waals surface area contributed by atoms with E-state index in [4.69, 9.17) is 9.47 Å². The van der Waals surface area contributed by atoms with E-state index < -0.39 is 0 Å². The number of hydrogen-bond donors (Lipinski definition) is 0. The van der Waals surface area contributed by atoms with E-state index in [0.717, 1.165) is 19.4 Å². The van der Waals surface area contributed by atoms with Gasteiger partial charge in [0.05, 0.1) is 6.61 Å². The molecule has 1 heterocycles. The van der Waals surface area contributed by atoms with Gasteiger partial charge in [0, 0.05) is 12.8 Å². The average Bonchev–Trinajstić information content (AvgIpc) is 2.40. The van der Waals surface area contributed by atoms with Gasteiger partial charge in [-0.3, -0.25) is 4.79 Å². The van der Waals surface area contributed by atoms with Crippen LogP contribution < -0.4 is 0 Å². The highest BCUT2D eigenvalue weighted by Crippen LogP contribution is 2.13. The van der Waals surface area contributed by atoms with E-state index in [-0.39, 0.29) is 12.3 Å². The lowest BCUT2D eigenvalue weighted by molar-refractivity contribution is -0.169. The summed E-state index contributed by atoms with van der Waals surface area (Å²) in [4.78, 5) is 10.7. The zero-order valence-electron chi connectivity index (χ0n) is 6.13. The standard InChI is InChI=1S/C7H12O3/c1-2-6(8)10-7-4-3-5-9-7/h7H,2-5H2,1H3. The van der Waals surface area contributed by atoms with E-state index in [1.165, 1.54) is 0 Å². The Labute approximate surface area is 60.3 Å². The molecule has 0 N–H and O–H groups in total. The molecule has 0 spiro atoms. The Morgan fingerprint density at radius 2 is 2.60 bits per heavy atom. The van der Waals surface area contributed by atoms with Gasteiger partial charge in [0.1, 0.15) is 0 Å². The molecular formula is C7H12O3. The maximum atomic E-state index is 10.7. The topological polar surface area (TPSA) is 35.5 Å². The number of esters is 1. The highest BCUT2D eigenvalue weighted by molar-refractivity contribution is 5.68. The molecule has 3 heteroatoms. The predicted molar refractivity (Wildman–Crippen MR) is 35.4 cm³/mol. The molecule has 1 fully saturated rings. The van der Waals surface area contributed by atoms with Crippen LogP contribution in [0, 0.1) is 0 Å². The van der Waals surface area contributed by atoms with E-state index in [0.29, 0.717) is 6.42 Å². The van der Waals surface area contributed by atoms with E-state index >= 15 is 0 Å². The molecule has 0 aromatic rings. The van der Waals surface area contributed by atoms with E-state index in [9.17, 15) is 4.79 Å². The zero-order valence-corrected chi connectivity index (χ0v) is 6.13. The predicted octanol–water partition coefficient (Wildman–Crippen LogP) is 1.08. The van der Waals surface area contributed by atoms with Crippen molar-refractivity contribution in [2.45, 2.75) is 32.5 Å². The minimum atomic E-state index is -0.257. The third-order valence-electron chi connectivity index (χ3n) is 1.44. The molecule has 0 saturated carbocycles. The molecule has 0 aromatic carbocycles. The lowest BCUT2D eigenvalue weighted by atomic mass is 10.4. The van der Waals surface area contributed by atoms with Crippen molar-refractivity contribution in [3.05, 3.63) is 0 Å². The van der Waals surface area contributed by atoms with Crippen molar-refractivity contribution in [1.29, 1.82) is 0 Å². The summed E-state index contributed by atoms with van der Waals surface area (Å²) in [5, 5.41) is 0. The van der Waals surface area contributed by atoms with Crippen molar-refractivity contribution in [2.75, 3.05) is 6.61 Å². The smallest absolute Gasteiger partial charge is 0.307 e. The third-order valence-corrected chi connectivity index (χ3v) is 1.44. The molecule has 0 bridgehead atoms. The Morgan fingerprint density at radius 1 is 1.80 bits per heavy atom. The first-order valence-electron chi connectivity index (χ1n) is 3.64. The van der Waals surface area contributed by atoms with Crippen molar-refractivity contribution in [3.63, 3.8) is 0 Å². The first-order chi connectivity index (χ1) is 4.83. The summed E-state index contributed by atoms with van der Waals surface area (Å²) in [6.45, 7) is 2.50. The summed E-state index contributed by atoms with van der Waals surface area (Å²) in [6.07, 6.45) is 2.03. The molecule has 1 unspecified atom stereocenters. The number of ether oxygens (including phenoxy) is 2. The average molecular weight is 144 g/mol. The summed E-state index contributed by atoms with van der Waals surface area (Å²) in [5.41, 5.74) is 0. The summed E-state index contributed by atoms with van der Waals surface area (Å²) in [6, 6.07) is 0. The van der Waals surface area contributed by atoms with Gasteiger partial charge < -0.3 is 9.47 Å². The molecule has 1 aliphatic rings. The zero-order chi connectivity index (χ0) is 7.40. The van der Waals surface area contributed by atoms with Crippen molar-refractivity contribution >= 4 is 5.97 Å². The van der Waals surface area contributed by atoms with Crippen molar-refractivity contribution in [1.82, 2.24) is 0 Å². The summed E-state index contributed by atoms with van der Waals surface area (Å²) < 4.78 is 9.98. The van der Waals surface area contributed by atoms with Gasteiger partial charge >= 0.3 is 5.97 Å². The molecule has 3 nitrogen and oxygen atoms in total. The second kappa shape index (κ2) is 3.56. The molecule has 1 rings (SSSR count). The van der Waals surface area contributed by atoms with Gasteiger partial charge in [-0.15, -0.1) is 0 Å². The normalized spacial score (nSPS) is 24.7. The molecule has 1 atom stereocenters. The second-order valence-electron chi connectivity index (χ2n) is 2.29. The molecule has 0 radical (unpaired) electrons. The molecule has 58 valence electrons. The molecular weight excluding hydrogens is 132 g/mol. The van der Waals surface area contributed by atoms with Crippen LogP contribution in [-0.2, 0) is 14.3 Å². The van der Waals surface area contributed by atoms with Gasteiger partial charge in [-0.05, 0) is 6.42 Å². The van der Waals surface area contributed by atoms with Gasteiger partial charge in [0.15, 0.2) is 0 Å². The Bertz CT molecular complexity index is 116. The van der Waals surface area contributed by atoms with Crippen LogP contribution in [0.25, 0.3) is 0 Å². The maximum absolute atomic E-state index is 10.7. The van der Waals surface area contributed by atoms with Crippen LogP contribution in [0.5, 0.6) is 0 Å². The lowest BCUT2D eigenvalue weighted by Gasteiger charge is -2.08. The Hall–Kier alpha value is -0.570. The van der Waals surface area contributed by atoms with Gasteiger partial charge in [-0.1, -0.05) is 6.92 Å². The minimum absolute atomic E-state index is 0.174. The number of hydrogen-bond acceptors (Lipinski definition) is 3. The molecule has 0 aliphatic carbocycles. The molecule has 1 saturated heterocycles. The van der Waals surface area contributed by atoms with Crippen molar-refractivity contribution in [2.24, 2.45) is 0 Å². The lowest BCUT2D eigenvalue weighted by Crippen LogP contribution is -2.15. The fourth-order valence-electron chi connectivity index (χ4n) is 0.871. The highest BCUT2D eigenvalue weighted by atomic mass is 16.7. The number of rotatable bonds is 2. The summed E-state index contributed by atoms with van der Waals surface area (Å²) in [5.74, 6) is -0.174. The molecule has 1 aliphatic heterocycles. The molecule has 0 amide bonds. The van der Waals surface area contributed by atoms with Crippen LogP contribution in [-0.4, -0.2) is 18.9 Å². The van der Waals surface area contributed by atoms with Crippen LogP contribution in [0.1, 0.15) is 26.2 Å². The van der Waals surface area contributed by atoms with E-state index in [2.05, 4.69) is 0 Å². The fraction of sp³-hybridized carbons (Fsp3) is 0.857. The number of carbonyl (C=O) groups excluding carboxylic acids is 1.